The number of carbonyl (C=O) groups excluding carboxylic acids is 1. The fourth-order valence-electron chi connectivity index (χ4n) is 4.68. The topological polar surface area (TPSA) is 32.3 Å². The molecular formula is C28H30N2O. The predicted octanol–water partition coefficient (Wildman–Crippen LogP) is 5.73. The molecule has 4 rings (SSSR count). The number of rotatable bonds is 6. The smallest absolute Gasteiger partial charge is 0.174 e. The molecule has 1 aliphatic rings. The Morgan fingerprint density at radius 1 is 1.00 bits per heavy atom. The number of nitrogens with one attached hydrogen (secondary N) is 1. The van der Waals surface area contributed by atoms with Crippen LogP contribution in [-0.4, -0.2) is 31.3 Å². The van der Waals surface area contributed by atoms with Crippen LogP contribution in [0.1, 0.15) is 24.5 Å². The van der Waals surface area contributed by atoms with Crippen LogP contribution in [0.25, 0.3) is 10.8 Å². The van der Waals surface area contributed by atoms with E-state index in [2.05, 4.69) is 85.0 Å². The molecule has 158 valence electrons. The highest BCUT2D eigenvalue weighted by Crippen LogP contribution is 2.41. The van der Waals surface area contributed by atoms with Crippen molar-refractivity contribution in [2.24, 2.45) is 0 Å². The van der Waals surface area contributed by atoms with Crippen LogP contribution in [0.15, 0.2) is 90.7 Å². The third-order valence-electron chi connectivity index (χ3n) is 6.27. The van der Waals surface area contributed by atoms with Gasteiger partial charge in [-0.1, -0.05) is 73.7 Å². The molecule has 0 bridgehead atoms. The van der Waals surface area contributed by atoms with Crippen molar-refractivity contribution in [3.63, 3.8) is 0 Å². The summed E-state index contributed by atoms with van der Waals surface area (Å²) in [5, 5.41) is 5.98. The lowest BCUT2D eigenvalue weighted by atomic mass is 9.72. The number of carbonyl (C=O) groups is 1. The summed E-state index contributed by atoms with van der Waals surface area (Å²) >= 11 is 0. The summed E-state index contributed by atoms with van der Waals surface area (Å²) in [7, 11) is 3.98. The van der Waals surface area contributed by atoms with Crippen LogP contribution in [0.2, 0.25) is 0 Å². The number of ketones is 1. The highest BCUT2D eigenvalue weighted by molar-refractivity contribution is 5.93. The van der Waals surface area contributed by atoms with Crippen LogP contribution >= 0.6 is 0 Å². The van der Waals surface area contributed by atoms with E-state index in [1.165, 1.54) is 27.6 Å². The van der Waals surface area contributed by atoms with Gasteiger partial charge in [0.2, 0.25) is 0 Å². The highest BCUT2D eigenvalue weighted by atomic mass is 16.1. The van der Waals surface area contributed by atoms with E-state index in [1.807, 2.05) is 25.1 Å². The standard InChI is InChI=1S/C28H30N2O/c1-28(19-21-9-5-4-6-10-21,18-17-23-14-15-24(31)20-30(23)3)27-25-12-8-7-11-22(25)13-16-26(27)29-2/h4-17,29H,18-20H2,1-3H3/b23-17+. The second-order valence-corrected chi connectivity index (χ2v) is 8.67. The number of fused-ring (bicyclic) bond motifs is 1. The number of allylic oxidation sites excluding steroid dienone is 2. The van der Waals surface area contributed by atoms with Crippen LogP contribution < -0.4 is 5.32 Å². The maximum Gasteiger partial charge on any atom is 0.174 e. The van der Waals surface area contributed by atoms with Crippen LogP contribution in [0, 0.1) is 0 Å². The molecule has 0 saturated heterocycles. The lowest BCUT2D eigenvalue weighted by Crippen LogP contribution is -2.29. The van der Waals surface area contributed by atoms with Gasteiger partial charge < -0.3 is 10.2 Å². The van der Waals surface area contributed by atoms with Gasteiger partial charge in [-0.25, -0.2) is 0 Å². The van der Waals surface area contributed by atoms with E-state index in [0.29, 0.717) is 6.54 Å². The molecule has 1 unspecified atom stereocenters. The molecule has 0 saturated carbocycles. The first-order valence-electron chi connectivity index (χ1n) is 10.9. The van der Waals surface area contributed by atoms with Crippen LogP contribution in [0.5, 0.6) is 0 Å². The molecule has 0 radical (unpaired) electrons. The lowest BCUT2D eigenvalue weighted by molar-refractivity contribution is -0.115. The summed E-state index contributed by atoms with van der Waals surface area (Å²) in [6.07, 6.45) is 7.71. The van der Waals surface area contributed by atoms with Gasteiger partial charge in [-0.3, -0.25) is 4.79 Å². The molecule has 3 heteroatoms. The van der Waals surface area contributed by atoms with Gasteiger partial charge in [-0.05, 0) is 53.0 Å². The summed E-state index contributed by atoms with van der Waals surface area (Å²) in [6, 6.07) is 23.7. The SMILES string of the molecule is CNc1ccc2ccccc2c1C(C)(C/C=C1\C=CC(=O)CN1C)Cc1ccccc1. The fourth-order valence-corrected chi connectivity index (χ4v) is 4.68. The number of likely N-dealkylation sites (N-methyl/N-ethyl adjacent to an activating group) is 1. The monoisotopic (exact) mass is 410 g/mol. The first-order chi connectivity index (χ1) is 15.0. The van der Waals surface area contributed by atoms with Crippen LogP contribution in [-0.2, 0) is 16.6 Å². The predicted molar refractivity (Wildman–Crippen MR) is 130 cm³/mol. The molecule has 1 heterocycles. The Morgan fingerprint density at radius 3 is 2.48 bits per heavy atom. The van der Waals surface area contributed by atoms with Crippen LogP contribution in [0.4, 0.5) is 5.69 Å². The molecule has 1 aliphatic heterocycles. The molecule has 1 atom stereocenters. The second kappa shape index (κ2) is 8.81. The molecule has 3 aromatic rings. The van der Waals surface area contributed by atoms with Crippen LogP contribution in [0.3, 0.4) is 0 Å². The second-order valence-electron chi connectivity index (χ2n) is 8.67. The molecule has 0 aliphatic carbocycles. The maximum atomic E-state index is 11.7. The van der Waals surface area contributed by atoms with E-state index in [1.54, 1.807) is 6.08 Å². The van der Waals surface area contributed by atoms with Gasteiger partial charge in [0, 0.05) is 30.9 Å². The minimum absolute atomic E-state index is 0.135. The number of anilines is 1. The highest BCUT2D eigenvalue weighted by Gasteiger charge is 2.31. The van der Waals surface area contributed by atoms with Gasteiger partial charge in [-0.15, -0.1) is 0 Å². The zero-order chi connectivity index (χ0) is 21.8. The molecular weight excluding hydrogens is 380 g/mol. The third-order valence-corrected chi connectivity index (χ3v) is 6.27. The van der Waals surface area contributed by atoms with E-state index in [9.17, 15) is 4.79 Å². The number of hydrogen-bond acceptors (Lipinski definition) is 3. The fraction of sp³-hybridized carbons (Fsp3) is 0.250. The first kappa shape index (κ1) is 20.9. The molecule has 3 aromatic carbocycles. The van der Waals surface area contributed by atoms with Gasteiger partial charge >= 0.3 is 0 Å². The zero-order valence-electron chi connectivity index (χ0n) is 18.6. The summed E-state index contributed by atoms with van der Waals surface area (Å²) in [5.74, 6) is 0.151. The summed E-state index contributed by atoms with van der Waals surface area (Å²) in [6.45, 7) is 2.80. The van der Waals surface area contributed by atoms with Crippen molar-refractivity contribution in [1.82, 2.24) is 4.90 Å². The van der Waals surface area contributed by atoms with Crippen molar-refractivity contribution in [3.05, 3.63) is 102 Å². The Bertz CT molecular complexity index is 1150. The minimum Gasteiger partial charge on any atom is -0.388 e. The van der Waals surface area contributed by atoms with Gasteiger partial charge in [-0.2, -0.15) is 0 Å². The van der Waals surface area contributed by atoms with E-state index >= 15 is 0 Å². The van der Waals surface area contributed by atoms with E-state index < -0.39 is 0 Å². The van der Waals surface area contributed by atoms with Crippen molar-refractivity contribution in [2.75, 3.05) is 26.0 Å². The van der Waals surface area contributed by atoms with Gasteiger partial charge in [0.1, 0.15) is 0 Å². The summed E-state index contributed by atoms with van der Waals surface area (Å²) < 4.78 is 0. The lowest BCUT2D eigenvalue weighted by Gasteiger charge is -2.34. The van der Waals surface area contributed by atoms with Crippen molar-refractivity contribution in [2.45, 2.75) is 25.2 Å². The van der Waals surface area contributed by atoms with Gasteiger partial charge in [0.15, 0.2) is 5.78 Å². The van der Waals surface area contributed by atoms with Crippen molar-refractivity contribution >= 4 is 22.2 Å². The van der Waals surface area contributed by atoms with E-state index in [-0.39, 0.29) is 11.2 Å². The van der Waals surface area contributed by atoms with Crippen molar-refractivity contribution < 1.29 is 4.79 Å². The maximum absolute atomic E-state index is 11.7. The Balaban J connectivity index is 1.85. The number of benzene rings is 3. The average molecular weight is 411 g/mol. The molecule has 0 amide bonds. The Labute approximate surface area is 185 Å². The summed E-state index contributed by atoms with van der Waals surface area (Å²) in [4.78, 5) is 13.8. The Kier molecular flexibility index (Phi) is 5.94. The normalized spacial score (nSPS) is 17.2. The van der Waals surface area contributed by atoms with E-state index in [0.717, 1.165) is 18.5 Å². The number of hydrogen-bond donors (Lipinski definition) is 1. The molecule has 0 fully saturated rings. The minimum atomic E-state index is -0.135. The Morgan fingerprint density at radius 2 is 1.74 bits per heavy atom. The van der Waals surface area contributed by atoms with Gasteiger partial charge in [0.25, 0.3) is 0 Å². The molecule has 31 heavy (non-hydrogen) atoms. The van der Waals surface area contributed by atoms with Crippen molar-refractivity contribution in [3.8, 4) is 0 Å². The Hall–Kier alpha value is -3.33. The summed E-state index contributed by atoms with van der Waals surface area (Å²) in [5.41, 5.74) is 4.79. The first-order valence-corrected chi connectivity index (χ1v) is 10.9. The number of nitrogens with zero attached hydrogens (tertiary/aromatic N) is 1. The quantitative estimate of drug-likeness (QED) is 0.563. The van der Waals surface area contributed by atoms with E-state index in [4.69, 9.17) is 0 Å². The molecule has 1 N–H and O–H groups in total. The average Bonchev–Trinajstić information content (AvgIpc) is 2.78. The zero-order valence-corrected chi connectivity index (χ0v) is 18.6. The molecule has 3 nitrogen and oxygen atoms in total. The third kappa shape index (κ3) is 4.41. The molecule has 0 spiro atoms. The largest absolute Gasteiger partial charge is 0.388 e. The molecule has 0 aromatic heterocycles. The van der Waals surface area contributed by atoms with Crippen molar-refractivity contribution in [1.29, 1.82) is 0 Å². The van der Waals surface area contributed by atoms with Gasteiger partial charge in [0.05, 0.1) is 6.54 Å².